The molecule has 3 rings (SSSR count). The lowest BCUT2D eigenvalue weighted by atomic mass is 10.2. The number of rotatable bonds is 5. The van der Waals surface area contributed by atoms with Crippen molar-refractivity contribution in [2.24, 2.45) is 0 Å². The minimum absolute atomic E-state index is 0.175. The van der Waals surface area contributed by atoms with Crippen molar-refractivity contribution in [2.75, 3.05) is 12.3 Å². The summed E-state index contributed by atoms with van der Waals surface area (Å²) in [5, 5.41) is 3.58. The molecule has 0 aromatic heterocycles. The van der Waals surface area contributed by atoms with E-state index >= 15 is 0 Å². The molecule has 0 bridgehead atoms. The maximum atomic E-state index is 12.2. The first-order valence-corrected chi connectivity index (χ1v) is 9.70. The van der Waals surface area contributed by atoms with Gasteiger partial charge in [-0.2, -0.15) is 0 Å². The number of amides is 3. The second kappa shape index (κ2) is 8.37. The van der Waals surface area contributed by atoms with E-state index in [1.807, 2.05) is 30.3 Å². The molecule has 3 amide bonds. The predicted octanol–water partition coefficient (Wildman–Crippen LogP) is 2.48. The molecule has 0 radical (unpaired) electrons. The Balaban J connectivity index is 1.59. The van der Waals surface area contributed by atoms with E-state index in [0.29, 0.717) is 5.56 Å². The summed E-state index contributed by atoms with van der Waals surface area (Å²) in [5.41, 5.74) is 3.98. The minimum Gasteiger partial charge on any atom is -0.343 e. The van der Waals surface area contributed by atoms with Gasteiger partial charge in [0.05, 0.1) is 12.3 Å². The highest BCUT2D eigenvalue weighted by molar-refractivity contribution is 9.10. The van der Waals surface area contributed by atoms with Crippen molar-refractivity contribution in [1.82, 2.24) is 15.8 Å². The van der Waals surface area contributed by atoms with E-state index in [2.05, 4.69) is 26.7 Å². The molecule has 26 heavy (non-hydrogen) atoms. The molecule has 1 fully saturated rings. The lowest BCUT2D eigenvalue weighted by Gasteiger charge is -2.24. The van der Waals surface area contributed by atoms with Crippen LogP contribution in [0.15, 0.2) is 59.1 Å². The Morgan fingerprint density at radius 2 is 1.81 bits per heavy atom. The van der Waals surface area contributed by atoms with Gasteiger partial charge in [0, 0.05) is 10.0 Å². The highest BCUT2D eigenvalue weighted by Gasteiger charge is 2.34. The highest BCUT2D eigenvalue weighted by atomic mass is 79.9. The molecule has 2 N–H and O–H groups in total. The van der Waals surface area contributed by atoms with Gasteiger partial charge in [-0.25, -0.2) is 5.01 Å². The van der Waals surface area contributed by atoms with Crippen molar-refractivity contribution >= 4 is 45.4 Å². The van der Waals surface area contributed by atoms with Crippen LogP contribution < -0.4 is 10.7 Å². The van der Waals surface area contributed by atoms with Crippen LogP contribution in [0.3, 0.4) is 0 Å². The fraction of sp³-hybridized carbons (Fsp3) is 0.167. The van der Waals surface area contributed by atoms with Crippen molar-refractivity contribution in [3.8, 4) is 0 Å². The molecule has 1 unspecified atom stereocenters. The first kappa shape index (κ1) is 18.5. The Labute approximate surface area is 163 Å². The molecule has 0 aliphatic carbocycles. The SMILES string of the molecule is O=C(CNC(=O)c1ccccc1)NN1C(=O)CSC1c1ccc(Br)cc1. The summed E-state index contributed by atoms with van der Waals surface area (Å²) in [6.45, 7) is -0.213. The molecule has 1 saturated heterocycles. The van der Waals surface area contributed by atoms with Gasteiger partial charge in [-0.1, -0.05) is 46.3 Å². The molecular formula is C18H16BrN3O3S. The number of carbonyl (C=O) groups is 3. The second-order valence-electron chi connectivity index (χ2n) is 5.56. The second-order valence-corrected chi connectivity index (χ2v) is 7.55. The number of nitrogens with one attached hydrogen (secondary N) is 2. The van der Waals surface area contributed by atoms with E-state index in [4.69, 9.17) is 0 Å². The Bertz CT molecular complexity index is 814. The zero-order valence-electron chi connectivity index (χ0n) is 13.6. The molecule has 0 saturated carbocycles. The van der Waals surface area contributed by atoms with Crippen LogP contribution in [-0.4, -0.2) is 35.0 Å². The summed E-state index contributed by atoms with van der Waals surface area (Å²) < 4.78 is 0.940. The van der Waals surface area contributed by atoms with Gasteiger partial charge in [0.15, 0.2) is 0 Å². The molecule has 1 atom stereocenters. The molecule has 2 aromatic rings. The molecule has 1 aliphatic rings. The number of halogens is 1. The van der Waals surface area contributed by atoms with Gasteiger partial charge in [-0.15, -0.1) is 11.8 Å². The molecule has 8 heteroatoms. The van der Waals surface area contributed by atoms with Crippen LogP contribution in [0.25, 0.3) is 0 Å². The third-order valence-electron chi connectivity index (χ3n) is 3.71. The van der Waals surface area contributed by atoms with E-state index in [0.717, 1.165) is 10.0 Å². The zero-order chi connectivity index (χ0) is 18.5. The first-order valence-electron chi connectivity index (χ1n) is 7.86. The van der Waals surface area contributed by atoms with E-state index in [1.54, 1.807) is 24.3 Å². The number of hydrogen-bond acceptors (Lipinski definition) is 4. The third-order valence-corrected chi connectivity index (χ3v) is 5.45. The smallest absolute Gasteiger partial charge is 0.258 e. The van der Waals surface area contributed by atoms with Gasteiger partial charge < -0.3 is 5.32 Å². The van der Waals surface area contributed by atoms with Crippen LogP contribution in [0.5, 0.6) is 0 Å². The Hall–Kier alpha value is -2.32. The number of nitrogens with zero attached hydrogens (tertiary/aromatic N) is 1. The van der Waals surface area contributed by atoms with E-state index < -0.39 is 5.91 Å². The van der Waals surface area contributed by atoms with Gasteiger partial charge in [-0.3, -0.25) is 19.8 Å². The molecule has 0 spiro atoms. The highest BCUT2D eigenvalue weighted by Crippen LogP contribution is 2.37. The Morgan fingerprint density at radius 1 is 1.12 bits per heavy atom. The van der Waals surface area contributed by atoms with Gasteiger partial charge in [-0.05, 0) is 29.8 Å². The van der Waals surface area contributed by atoms with Gasteiger partial charge >= 0.3 is 0 Å². The summed E-state index contributed by atoms with van der Waals surface area (Å²) in [5.74, 6) is -0.678. The summed E-state index contributed by atoms with van der Waals surface area (Å²) in [6, 6.07) is 16.2. The standard InChI is InChI=1S/C18H16BrN3O3S/c19-14-8-6-13(7-9-14)18-22(16(24)11-26-18)21-15(23)10-20-17(25)12-4-2-1-3-5-12/h1-9,18H,10-11H2,(H,20,25)(H,21,23). The fourth-order valence-corrected chi connectivity index (χ4v) is 3.82. The zero-order valence-corrected chi connectivity index (χ0v) is 16.0. The predicted molar refractivity (Wildman–Crippen MR) is 103 cm³/mol. The summed E-state index contributed by atoms with van der Waals surface area (Å²) in [4.78, 5) is 36.3. The van der Waals surface area contributed by atoms with Crippen LogP contribution in [0.2, 0.25) is 0 Å². The van der Waals surface area contributed by atoms with Crippen molar-refractivity contribution in [1.29, 1.82) is 0 Å². The lowest BCUT2D eigenvalue weighted by Crippen LogP contribution is -2.48. The lowest BCUT2D eigenvalue weighted by molar-refractivity contribution is -0.138. The van der Waals surface area contributed by atoms with Crippen LogP contribution >= 0.6 is 27.7 Å². The van der Waals surface area contributed by atoms with Crippen LogP contribution in [0.4, 0.5) is 0 Å². The topological polar surface area (TPSA) is 78.5 Å². The third kappa shape index (κ3) is 4.44. The van der Waals surface area contributed by atoms with Gasteiger partial charge in [0.2, 0.25) is 0 Å². The number of thioether (sulfide) groups is 1. The summed E-state index contributed by atoms with van der Waals surface area (Å²) >= 11 is 4.82. The summed E-state index contributed by atoms with van der Waals surface area (Å²) in [7, 11) is 0. The molecule has 1 heterocycles. The first-order chi connectivity index (χ1) is 12.5. The quantitative estimate of drug-likeness (QED) is 0.758. The van der Waals surface area contributed by atoms with Crippen molar-refractivity contribution < 1.29 is 14.4 Å². The fourth-order valence-electron chi connectivity index (χ4n) is 2.44. The molecule has 134 valence electrons. The average Bonchev–Trinajstić information content (AvgIpc) is 3.01. The van der Waals surface area contributed by atoms with Crippen molar-refractivity contribution in [3.63, 3.8) is 0 Å². The minimum atomic E-state index is -0.452. The van der Waals surface area contributed by atoms with Crippen molar-refractivity contribution in [3.05, 3.63) is 70.2 Å². The molecule has 2 aromatic carbocycles. The number of hydrazine groups is 1. The summed E-state index contributed by atoms with van der Waals surface area (Å²) in [6.07, 6.45) is 0. The number of hydrogen-bond donors (Lipinski definition) is 2. The number of benzene rings is 2. The van der Waals surface area contributed by atoms with E-state index in [-0.39, 0.29) is 29.5 Å². The molecular weight excluding hydrogens is 418 g/mol. The van der Waals surface area contributed by atoms with Gasteiger partial charge in [0.25, 0.3) is 17.7 Å². The Kier molecular flexibility index (Phi) is 5.95. The monoisotopic (exact) mass is 433 g/mol. The van der Waals surface area contributed by atoms with Crippen LogP contribution in [-0.2, 0) is 9.59 Å². The number of carbonyl (C=O) groups excluding carboxylic acids is 3. The largest absolute Gasteiger partial charge is 0.343 e. The Morgan fingerprint density at radius 3 is 2.50 bits per heavy atom. The van der Waals surface area contributed by atoms with Crippen LogP contribution in [0.1, 0.15) is 21.3 Å². The normalized spacial score (nSPS) is 16.4. The van der Waals surface area contributed by atoms with E-state index in [9.17, 15) is 14.4 Å². The van der Waals surface area contributed by atoms with E-state index in [1.165, 1.54) is 16.8 Å². The van der Waals surface area contributed by atoms with Gasteiger partial charge in [0.1, 0.15) is 5.37 Å². The maximum Gasteiger partial charge on any atom is 0.258 e. The van der Waals surface area contributed by atoms with Crippen LogP contribution in [0, 0.1) is 0 Å². The molecule has 1 aliphatic heterocycles. The maximum absolute atomic E-state index is 12.2. The molecule has 6 nitrogen and oxygen atoms in total. The average molecular weight is 434 g/mol. The van der Waals surface area contributed by atoms with Crippen molar-refractivity contribution in [2.45, 2.75) is 5.37 Å².